The van der Waals surface area contributed by atoms with Gasteiger partial charge in [0.25, 0.3) is 5.91 Å². The summed E-state index contributed by atoms with van der Waals surface area (Å²) in [5.74, 6) is -0.0737. The smallest absolute Gasteiger partial charge is 0.254 e. The first-order chi connectivity index (χ1) is 12.0. The van der Waals surface area contributed by atoms with Crippen LogP contribution in [0.1, 0.15) is 48.9 Å². The van der Waals surface area contributed by atoms with Gasteiger partial charge in [-0.2, -0.15) is 0 Å². The first kappa shape index (κ1) is 17.4. The van der Waals surface area contributed by atoms with E-state index in [0.717, 1.165) is 32.0 Å². The number of hydrogen-bond acceptors (Lipinski definition) is 2. The van der Waals surface area contributed by atoms with Gasteiger partial charge in [0.05, 0.1) is 6.04 Å². The summed E-state index contributed by atoms with van der Waals surface area (Å²) < 4.78 is 0. The summed E-state index contributed by atoms with van der Waals surface area (Å²) in [5.41, 5.74) is 5.11. The number of amides is 1. The summed E-state index contributed by atoms with van der Waals surface area (Å²) in [6.45, 7) is 7.88. The first-order valence-corrected chi connectivity index (χ1v) is 8.93. The molecular weight excluding hydrogens is 310 g/mol. The van der Waals surface area contributed by atoms with Crippen LogP contribution in [0, 0.1) is 6.92 Å². The predicted octanol–water partition coefficient (Wildman–Crippen LogP) is 4.23. The molecule has 0 aliphatic heterocycles. The fourth-order valence-electron chi connectivity index (χ4n) is 3.91. The molecule has 0 fully saturated rings. The van der Waals surface area contributed by atoms with Gasteiger partial charge in [0.2, 0.25) is 0 Å². The lowest BCUT2D eigenvalue weighted by Crippen LogP contribution is -2.44. The van der Waals surface area contributed by atoms with Gasteiger partial charge in [-0.05, 0) is 56.2 Å². The van der Waals surface area contributed by atoms with E-state index in [2.05, 4.69) is 25.6 Å². The van der Waals surface area contributed by atoms with Crippen molar-refractivity contribution in [3.63, 3.8) is 0 Å². The average molecular weight is 335 g/mol. The molecule has 3 heteroatoms. The van der Waals surface area contributed by atoms with E-state index in [1.807, 2.05) is 31.2 Å². The number of carbonyl (C=O) groups excluding carboxylic acids is 2. The van der Waals surface area contributed by atoms with Crippen molar-refractivity contribution in [3.05, 3.63) is 70.8 Å². The van der Waals surface area contributed by atoms with Crippen LogP contribution in [-0.4, -0.2) is 23.1 Å². The maximum absolute atomic E-state index is 13.3. The van der Waals surface area contributed by atoms with E-state index < -0.39 is 6.04 Å². The molecule has 0 spiro atoms. The number of nitrogens with zero attached hydrogens (tertiary/aromatic N) is 1. The Bertz CT molecular complexity index is 772. The van der Waals surface area contributed by atoms with Crippen LogP contribution in [0.4, 0.5) is 0 Å². The SMILES string of the molecule is C=C(C)[C@H](C=O)N(C(=O)C1=CCCC=C1)C1CCc2c(C)cccc21. The summed E-state index contributed by atoms with van der Waals surface area (Å²) >= 11 is 0. The highest BCUT2D eigenvalue weighted by atomic mass is 16.2. The Kier molecular flexibility index (Phi) is 5.03. The minimum atomic E-state index is -0.597. The number of aryl methyl sites for hydroxylation is 1. The van der Waals surface area contributed by atoms with Crippen molar-refractivity contribution >= 4 is 12.2 Å². The van der Waals surface area contributed by atoms with E-state index in [1.165, 1.54) is 16.7 Å². The molecule has 1 aromatic rings. The maximum atomic E-state index is 13.3. The second-order valence-electron chi connectivity index (χ2n) is 6.98. The Labute approximate surface area is 149 Å². The second-order valence-corrected chi connectivity index (χ2v) is 6.98. The largest absolute Gasteiger partial charge is 0.318 e. The standard InChI is InChI=1S/C22H25NO2/c1-15(2)21(14-24)23(22(25)17-9-5-4-6-10-17)20-13-12-18-16(3)8-7-11-19(18)20/h5,7-11,14,20-21H,1,4,6,12-13H2,2-3H3/t20?,21-/m0/s1. The van der Waals surface area contributed by atoms with Gasteiger partial charge in [0.1, 0.15) is 12.3 Å². The molecule has 2 aliphatic carbocycles. The van der Waals surface area contributed by atoms with Crippen molar-refractivity contribution in [2.24, 2.45) is 0 Å². The van der Waals surface area contributed by atoms with Crippen LogP contribution >= 0.6 is 0 Å². The lowest BCUT2D eigenvalue weighted by molar-refractivity contribution is -0.134. The molecule has 0 aromatic heterocycles. The summed E-state index contributed by atoms with van der Waals surface area (Å²) in [6.07, 6.45) is 10.3. The van der Waals surface area contributed by atoms with E-state index in [1.54, 1.807) is 4.90 Å². The van der Waals surface area contributed by atoms with Gasteiger partial charge in [-0.15, -0.1) is 0 Å². The quantitative estimate of drug-likeness (QED) is 0.596. The molecule has 130 valence electrons. The number of fused-ring (bicyclic) bond motifs is 1. The third kappa shape index (κ3) is 3.23. The number of hydrogen-bond donors (Lipinski definition) is 0. The number of benzene rings is 1. The minimum Gasteiger partial charge on any atom is -0.318 e. The zero-order valence-electron chi connectivity index (χ0n) is 15.0. The van der Waals surface area contributed by atoms with Gasteiger partial charge in [0, 0.05) is 5.57 Å². The molecule has 2 atom stereocenters. The molecule has 0 saturated carbocycles. The maximum Gasteiger partial charge on any atom is 0.254 e. The van der Waals surface area contributed by atoms with Crippen molar-refractivity contribution in [1.29, 1.82) is 0 Å². The molecule has 25 heavy (non-hydrogen) atoms. The van der Waals surface area contributed by atoms with Crippen LogP contribution in [0.3, 0.4) is 0 Å². The molecule has 0 N–H and O–H groups in total. The van der Waals surface area contributed by atoms with Crippen molar-refractivity contribution in [3.8, 4) is 0 Å². The van der Waals surface area contributed by atoms with Gasteiger partial charge >= 0.3 is 0 Å². The summed E-state index contributed by atoms with van der Waals surface area (Å²) in [5, 5.41) is 0. The number of allylic oxidation sites excluding steroid dienone is 2. The van der Waals surface area contributed by atoms with Gasteiger partial charge in [0.15, 0.2) is 0 Å². The van der Waals surface area contributed by atoms with E-state index in [4.69, 9.17) is 0 Å². The zero-order chi connectivity index (χ0) is 18.0. The fraction of sp³-hybridized carbons (Fsp3) is 0.364. The lowest BCUT2D eigenvalue weighted by atomic mass is 9.98. The Morgan fingerprint density at radius 3 is 2.80 bits per heavy atom. The van der Waals surface area contributed by atoms with Crippen LogP contribution in [0.2, 0.25) is 0 Å². The number of rotatable bonds is 5. The predicted molar refractivity (Wildman–Crippen MR) is 100 cm³/mol. The molecular formula is C22H25NO2. The third-order valence-corrected chi connectivity index (χ3v) is 5.22. The number of aldehydes is 1. The Morgan fingerprint density at radius 1 is 1.36 bits per heavy atom. The number of carbonyl (C=O) groups is 2. The first-order valence-electron chi connectivity index (χ1n) is 8.93. The van der Waals surface area contributed by atoms with Gasteiger partial charge in [-0.25, -0.2) is 0 Å². The average Bonchev–Trinajstić information content (AvgIpc) is 3.04. The van der Waals surface area contributed by atoms with Crippen molar-refractivity contribution < 1.29 is 9.59 Å². The molecule has 0 bridgehead atoms. The van der Waals surface area contributed by atoms with E-state index in [0.29, 0.717) is 11.1 Å². The van der Waals surface area contributed by atoms with Crippen LogP contribution in [0.15, 0.2) is 54.2 Å². The van der Waals surface area contributed by atoms with Crippen LogP contribution in [0.5, 0.6) is 0 Å². The van der Waals surface area contributed by atoms with E-state index in [9.17, 15) is 9.59 Å². The zero-order valence-corrected chi connectivity index (χ0v) is 15.0. The van der Waals surface area contributed by atoms with Crippen LogP contribution < -0.4 is 0 Å². The van der Waals surface area contributed by atoms with Gasteiger partial charge in [-0.1, -0.05) is 48.6 Å². The van der Waals surface area contributed by atoms with Crippen molar-refractivity contribution in [2.75, 3.05) is 0 Å². The third-order valence-electron chi connectivity index (χ3n) is 5.22. The highest BCUT2D eigenvalue weighted by Crippen LogP contribution is 2.39. The van der Waals surface area contributed by atoms with Crippen molar-refractivity contribution in [2.45, 2.75) is 51.6 Å². The highest BCUT2D eigenvalue weighted by molar-refractivity contribution is 5.98. The molecule has 0 radical (unpaired) electrons. The highest BCUT2D eigenvalue weighted by Gasteiger charge is 2.37. The fourth-order valence-corrected chi connectivity index (χ4v) is 3.91. The van der Waals surface area contributed by atoms with Gasteiger partial charge in [-0.3, -0.25) is 4.79 Å². The van der Waals surface area contributed by atoms with E-state index >= 15 is 0 Å². The van der Waals surface area contributed by atoms with Crippen LogP contribution in [0.25, 0.3) is 0 Å². The second kappa shape index (κ2) is 7.22. The molecule has 1 aromatic carbocycles. The Hall–Kier alpha value is -2.42. The lowest BCUT2D eigenvalue weighted by Gasteiger charge is -2.35. The molecule has 1 amide bonds. The Morgan fingerprint density at radius 2 is 2.16 bits per heavy atom. The van der Waals surface area contributed by atoms with Gasteiger partial charge < -0.3 is 9.69 Å². The monoisotopic (exact) mass is 335 g/mol. The topological polar surface area (TPSA) is 37.4 Å². The molecule has 3 nitrogen and oxygen atoms in total. The summed E-state index contributed by atoms with van der Waals surface area (Å²) in [6, 6.07) is 5.55. The van der Waals surface area contributed by atoms with Crippen LogP contribution in [-0.2, 0) is 16.0 Å². The molecule has 3 rings (SSSR count). The minimum absolute atomic E-state index is 0.0737. The summed E-state index contributed by atoms with van der Waals surface area (Å²) in [4.78, 5) is 26.9. The summed E-state index contributed by atoms with van der Waals surface area (Å²) in [7, 11) is 0. The molecule has 1 unspecified atom stereocenters. The molecule has 0 saturated heterocycles. The van der Waals surface area contributed by atoms with E-state index in [-0.39, 0.29) is 11.9 Å². The van der Waals surface area contributed by atoms with Crippen molar-refractivity contribution in [1.82, 2.24) is 4.90 Å². The normalized spacial score (nSPS) is 19.8. The molecule has 0 heterocycles. The molecule has 2 aliphatic rings. The Balaban J connectivity index is 2.04.